The Morgan fingerprint density at radius 1 is 1.12 bits per heavy atom. The van der Waals surface area contributed by atoms with E-state index in [0.717, 1.165) is 12.1 Å². The molecule has 1 aromatic carbocycles. The summed E-state index contributed by atoms with van der Waals surface area (Å²) < 4.78 is 11.2. The predicted molar refractivity (Wildman–Crippen MR) is 92.2 cm³/mol. The molecule has 0 radical (unpaired) electrons. The van der Waals surface area contributed by atoms with Crippen LogP contribution in [0.25, 0.3) is 0 Å². The van der Waals surface area contributed by atoms with Gasteiger partial charge in [-0.2, -0.15) is 0 Å². The number of hydrogen-bond acceptors (Lipinski definition) is 6. The summed E-state index contributed by atoms with van der Waals surface area (Å²) in [5.41, 5.74) is 0.922. The summed E-state index contributed by atoms with van der Waals surface area (Å²) in [5.74, 6) is -1.01. The first-order valence-electron chi connectivity index (χ1n) is 8.69. The maximum absolute atomic E-state index is 11.1. The molecule has 1 aromatic rings. The highest BCUT2D eigenvalue weighted by Gasteiger charge is 2.34. The number of nitrogens with zero attached hydrogens (tertiary/aromatic N) is 2. The highest BCUT2D eigenvalue weighted by molar-refractivity contribution is 5.69. The van der Waals surface area contributed by atoms with E-state index < -0.39 is 11.9 Å². The molecule has 0 aliphatic carbocycles. The van der Waals surface area contributed by atoms with Crippen LogP contribution in [0.1, 0.15) is 5.56 Å². The number of carboxylic acid groups (broad SMARTS) is 2. The van der Waals surface area contributed by atoms with Crippen LogP contribution in [0.2, 0.25) is 0 Å². The third-order valence-corrected chi connectivity index (χ3v) is 4.71. The number of aliphatic carboxylic acids is 2. The van der Waals surface area contributed by atoms with Gasteiger partial charge in [0, 0.05) is 43.7 Å². The van der Waals surface area contributed by atoms with E-state index in [9.17, 15) is 9.59 Å². The lowest BCUT2D eigenvalue weighted by Crippen LogP contribution is -2.44. The maximum Gasteiger partial charge on any atom is 0.341 e. The molecule has 0 spiro atoms. The molecule has 0 amide bonds. The van der Waals surface area contributed by atoms with E-state index in [0.29, 0.717) is 38.6 Å². The number of carbonyl (C=O) groups is 2. The van der Waals surface area contributed by atoms with Gasteiger partial charge < -0.3 is 19.7 Å². The van der Waals surface area contributed by atoms with E-state index in [1.165, 1.54) is 0 Å². The van der Waals surface area contributed by atoms with Crippen LogP contribution in [0.15, 0.2) is 24.3 Å². The molecule has 2 saturated heterocycles. The molecule has 2 N–H and O–H groups in total. The van der Waals surface area contributed by atoms with Gasteiger partial charge in [0.05, 0.1) is 19.8 Å². The topological polar surface area (TPSA) is 99.5 Å². The summed E-state index contributed by atoms with van der Waals surface area (Å²) in [4.78, 5) is 26.2. The van der Waals surface area contributed by atoms with Crippen LogP contribution >= 0.6 is 0 Å². The Morgan fingerprint density at radius 2 is 1.92 bits per heavy atom. The zero-order valence-electron chi connectivity index (χ0n) is 14.5. The van der Waals surface area contributed by atoms with E-state index in [2.05, 4.69) is 4.90 Å². The van der Waals surface area contributed by atoms with Gasteiger partial charge in [-0.05, 0) is 6.07 Å². The molecule has 2 atom stereocenters. The predicted octanol–water partition coefficient (Wildman–Crippen LogP) is 0.367. The summed E-state index contributed by atoms with van der Waals surface area (Å²) in [5, 5.41) is 18.0. The number of benzene rings is 1. The van der Waals surface area contributed by atoms with Crippen LogP contribution < -0.4 is 4.74 Å². The standard InChI is InChI=1S/C18H24N2O6/c21-17(22)9-19-5-13-6-20(15(8-19)11-25-10-13)7-14-3-1-2-4-16(14)26-12-18(23)24/h1-4,13,15H,5-12H2,(H,21,22)(H,23,24)/t13-,15-/m0/s1. The van der Waals surface area contributed by atoms with Crippen LogP contribution in [0.4, 0.5) is 0 Å². The Morgan fingerprint density at radius 3 is 2.69 bits per heavy atom. The van der Waals surface area contributed by atoms with Crippen molar-refractivity contribution in [2.24, 2.45) is 5.92 Å². The fraction of sp³-hybridized carbons (Fsp3) is 0.556. The summed E-state index contributed by atoms with van der Waals surface area (Å²) in [7, 11) is 0. The Bertz CT molecular complexity index is 652. The van der Waals surface area contributed by atoms with Gasteiger partial charge in [-0.3, -0.25) is 14.6 Å². The third-order valence-electron chi connectivity index (χ3n) is 4.71. The number of fused-ring (bicyclic) bond motifs is 3. The van der Waals surface area contributed by atoms with Gasteiger partial charge in [-0.25, -0.2) is 4.79 Å². The first kappa shape index (κ1) is 18.6. The number of para-hydroxylation sites is 1. The molecule has 2 aliphatic rings. The molecule has 142 valence electrons. The lowest BCUT2D eigenvalue weighted by Gasteiger charge is -2.30. The van der Waals surface area contributed by atoms with Crippen LogP contribution in [0.5, 0.6) is 5.75 Å². The van der Waals surface area contributed by atoms with Gasteiger partial charge in [0.25, 0.3) is 0 Å². The SMILES string of the molecule is O=C(O)COc1ccccc1CN1C[C@H]2COC[C@@H]1CN(CC(=O)O)C2. The normalized spacial score (nSPS) is 24.0. The summed E-state index contributed by atoms with van der Waals surface area (Å²) in [6.45, 7) is 3.62. The second kappa shape index (κ2) is 8.48. The van der Waals surface area contributed by atoms with E-state index in [1.807, 2.05) is 23.1 Å². The molecular weight excluding hydrogens is 340 g/mol. The van der Waals surface area contributed by atoms with Crippen LogP contribution in [-0.4, -0.2) is 84.0 Å². The largest absolute Gasteiger partial charge is 0.482 e. The highest BCUT2D eigenvalue weighted by Crippen LogP contribution is 2.25. The Labute approximate surface area is 151 Å². The number of rotatable bonds is 7. The number of hydrogen-bond donors (Lipinski definition) is 2. The average Bonchev–Trinajstić information content (AvgIpc) is 2.83. The Kier molecular flexibility index (Phi) is 6.08. The summed E-state index contributed by atoms with van der Waals surface area (Å²) in [6.07, 6.45) is 0. The molecule has 0 saturated carbocycles. The zero-order valence-corrected chi connectivity index (χ0v) is 14.5. The molecule has 0 unspecified atom stereocenters. The molecule has 8 heteroatoms. The second-order valence-electron chi connectivity index (χ2n) is 6.86. The van der Waals surface area contributed by atoms with Crippen molar-refractivity contribution in [2.75, 3.05) is 46.0 Å². The van der Waals surface area contributed by atoms with Crippen LogP contribution in [0, 0.1) is 5.92 Å². The van der Waals surface area contributed by atoms with Crippen molar-refractivity contribution in [3.05, 3.63) is 29.8 Å². The third kappa shape index (κ3) is 4.94. The van der Waals surface area contributed by atoms with Crippen LogP contribution in [-0.2, 0) is 20.9 Å². The molecular formula is C18H24N2O6. The molecule has 3 rings (SSSR count). The molecule has 2 heterocycles. The fourth-order valence-electron chi connectivity index (χ4n) is 3.67. The highest BCUT2D eigenvalue weighted by atomic mass is 16.5. The number of carboxylic acids is 2. The molecule has 2 fully saturated rings. The molecule has 8 nitrogen and oxygen atoms in total. The van der Waals surface area contributed by atoms with E-state index in [4.69, 9.17) is 19.7 Å². The smallest absolute Gasteiger partial charge is 0.341 e. The van der Waals surface area contributed by atoms with Crippen molar-refractivity contribution in [2.45, 2.75) is 12.6 Å². The van der Waals surface area contributed by atoms with Gasteiger partial charge in [0.2, 0.25) is 0 Å². The Balaban J connectivity index is 1.73. The molecule has 2 bridgehead atoms. The van der Waals surface area contributed by atoms with Crippen molar-refractivity contribution >= 4 is 11.9 Å². The van der Waals surface area contributed by atoms with Gasteiger partial charge in [0.15, 0.2) is 6.61 Å². The van der Waals surface area contributed by atoms with Crippen molar-refractivity contribution in [3.8, 4) is 5.75 Å². The zero-order chi connectivity index (χ0) is 18.5. The van der Waals surface area contributed by atoms with Gasteiger partial charge in [-0.1, -0.05) is 18.2 Å². The minimum absolute atomic E-state index is 0.0408. The Hall–Kier alpha value is -2.16. The first-order valence-corrected chi connectivity index (χ1v) is 8.69. The van der Waals surface area contributed by atoms with Gasteiger partial charge in [-0.15, -0.1) is 0 Å². The summed E-state index contributed by atoms with van der Waals surface area (Å²) in [6, 6.07) is 7.52. The lowest BCUT2D eigenvalue weighted by molar-refractivity contribution is -0.140. The molecule has 0 aromatic heterocycles. The van der Waals surface area contributed by atoms with Crippen molar-refractivity contribution in [1.82, 2.24) is 9.80 Å². The maximum atomic E-state index is 11.1. The average molecular weight is 364 g/mol. The van der Waals surface area contributed by atoms with E-state index >= 15 is 0 Å². The van der Waals surface area contributed by atoms with Crippen molar-refractivity contribution < 1.29 is 29.3 Å². The monoisotopic (exact) mass is 364 g/mol. The van der Waals surface area contributed by atoms with E-state index in [-0.39, 0.29) is 25.1 Å². The van der Waals surface area contributed by atoms with Gasteiger partial charge in [0.1, 0.15) is 5.75 Å². The molecule has 2 aliphatic heterocycles. The quantitative estimate of drug-likeness (QED) is 0.716. The first-order chi connectivity index (χ1) is 12.5. The van der Waals surface area contributed by atoms with Crippen molar-refractivity contribution in [1.29, 1.82) is 0 Å². The van der Waals surface area contributed by atoms with Crippen molar-refractivity contribution in [3.63, 3.8) is 0 Å². The fourth-order valence-corrected chi connectivity index (χ4v) is 3.67. The van der Waals surface area contributed by atoms with Crippen LogP contribution in [0.3, 0.4) is 0 Å². The minimum atomic E-state index is -1.01. The van der Waals surface area contributed by atoms with E-state index in [1.54, 1.807) is 6.07 Å². The second-order valence-corrected chi connectivity index (χ2v) is 6.86. The summed E-state index contributed by atoms with van der Waals surface area (Å²) >= 11 is 0. The molecule has 26 heavy (non-hydrogen) atoms. The number of ether oxygens (including phenoxy) is 2. The minimum Gasteiger partial charge on any atom is -0.482 e. The lowest BCUT2D eigenvalue weighted by atomic mass is 10.1. The van der Waals surface area contributed by atoms with Gasteiger partial charge >= 0.3 is 11.9 Å².